The van der Waals surface area contributed by atoms with E-state index in [1.807, 2.05) is 30.3 Å². The second kappa shape index (κ2) is 7.83. The molecule has 3 aromatic heterocycles. The largest absolute Gasteiger partial charge is 0.376 e. The fraction of sp³-hybridized carbons (Fsp3) is 0.304. The lowest BCUT2D eigenvalue weighted by Gasteiger charge is -2.24. The Morgan fingerprint density at radius 1 is 1.31 bits per heavy atom. The summed E-state index contributed by atoms with van der Waals surface area (Å²) in [6.07, 6.45) is 4.89. The minimum absolute atomic E-state index is 0.119. The Kier molecular flexibility index (Phi) is 4.97. The van der Waals surface area contributed by atoms with Crippen LogP contribution in [-0.4, -0.2) is 43.1 Å². The molecular weight excluding hydrogens is 411 g/mol. The number of nitrogens with one attached hydrogen (secondary N) is 2. The summed E-state index contributed by atoms with van der Waals surface area (Å²) < 4.78 is 21.4. The van der Waals surface area contributed by atoms with Crippen molar-refractivity contribution >= 4 is 22.5 Å². The SMILES string of the molecule is CC(C)(F)Cn1ncc2cnc(-c3[nH]ncc3NC(=O)C3COCc4ccccc43)cc21. The van der Waals surface area contributed by atoms with Crippen LogP contribution >= 0.6 is 0 Å². The Bertz CT molecular complexity index is 1290. The average molecular weight is 434 g/mol. The van der Waals surface area contributed by atoms with E-state index in [-0.39, 0.29) is 12.5 Å². The van der Waals surface area contributed by atoms with E-state index < -0.39 is 11.6 Å². The van der Waals surface area contributed by atoms with Crippen LogP contribution in [0.15, 0.2) is 48.9 Å². The van der Waals surface area contributed by atoms with Crippen LogP contribution in [0.2, 0.25) is 0 Å². The molecule has 0 saturated heterocycles. The molecule has 1 amide bonds. The number of amides is 1. The van der Waals surface area contributed by atoms with Gasteiger partial charge in [-0.05, 0) is 31.0 Å². The van der Waals surface area contributed by atoms with Gasteiger partial charge in [-0.3, -0.25) is 19.6 Å². The van der Waals surface area contributed by atoms with Crippen molar-refractivity contribution in [3.8, 4) is 11.4 Å². The maximum Gasteiger partial charge on any atom is 0.234 e. The van der Waals surface area contributed by atoms with Crippen molar-refractivity contribution in [2.45, 2.75) is 38.6 Å². The zero-order valence-electron chi connectivity index (χ0n) is 17.8. The Morgan fingerprint density at radius 2 is 2.16 bits per heavy atom. The first-order chi connectivity index (χ1) is 15.4. The smallest absolute Gasteiger partial charge is 0.234 e. The zero-order chi connectivity index (χ0) is 22.3. The van der Waals surface area contributed by atoms with E-state index in [1.54, 1.807) is 23.3 Å². The highest BCUT2D eigenvalue weighted by Gasteiger charge is 2.28. The molecule has 4 aromatic rings. The van der Waals surface area contributed by atoms with Gasteiger partial charge in [-0.1, -0.05) is 24.3 Å². The number of carbonyl (C=O) groups is 1. The van der Waals surface area contributed by atoms with Gasteiger partial charge < -0.3 is 10.1 Å². The molecule has 1 aliphatic rings. The van der Waals surface area contributed by atoms with Gasteiger partial charge in [0.2, 0.25) is 5.91 Å². The summed E-state index contributed by atoms with van der Waals surface area (Å²) in [6.45, 7) is 3.97. The number of alkyl halides is 1. The molecule has 4 heterocycles. The van der Waals surface area contributed by atoms with Gasteiger partial charge in [0, 0.05) is 11.6 Å². The van der Waals surface area contributed by atoms with Crippen molar-refractivity contribution < 1.29 is 13.9 Å². The molecule has 9 heteroatoms. The summed E-state index contributed by atoms with van der Waals surface area (Å²) in [5.41, 5.74) is 2.99. The van der Waals surface area contributed by atoms with E-state index in [9.17, 15) is 9.18 Å². The lowest BCUT2D eigenvalue weighted by atomic mass is 9.92. The first-order valence-electron chi connectivity index (χ1n) is 10.4. The molecule has 5 rings (SSSR count). The molecule has 164 valence electrons. The summed E-state index contributed by atoms with van der Waals surface area (Å²) in [5, 5.41) is 15.1. The fourth-order valence-electron chi connectivity index (χ4n) is 3.99. The quantitative estimate of drug-likeness (QED) is 0.498. The van der Waals surface area contributed by atoms with Gasteiger partial charge in [-0.15, -0.1) is 0 Å². The summed E-state index contributed by atoms with van der Waals surface area (Å²) in [5.74, 6) is -0.587. The molecule has 0 radical (unpaired) electrons. The minimum atomic E-state index is -1.41. The lowest BCUT2D eigenvalue weighted by molar-refractivity contribution is -0.119. The maximum absolute atomic E-state index is 14.2. The van der Waals surface area contributed by atoms with Crippen LogP contribution in [0.1, 0.15) is 30.9 Å². The third kappa shape index (κ3) is 3.87. The van der Waals surface area contributed by atoms with Gasteiger partial charge in [-0.2, -0.15) is 10.2 Å². The molecule has 0 aliphatic carbocycles. The normalized spacial score (nSPS) is 16.2. The van der Waals surface area contributed by atoms with E-state index in [2.05, 4.69) is 25.6 Å². The van der Waals surface area contributed by atoms with Crippen LogP contribution in [0.3, 0.4) is 0 Å². The number of pyridine rings is 1. The molecule has 0 spiro atoms. The van der Waals surface area contributed by atoms with Crippen molar-refractivity contribution in [2.75, 3.05) is 11.9 Å². The monoisotopic (exact) mass is 434 g/mol. The number of ether oxygens (including phenoxy) is 1. The second-order valence-corrected chi connectivity index (χ2v) is 8.56. The molecule has 1 unspecified atom stereocenters. The van der Waals surface area contributed by atoms with E-state index >= 15 is 0 Å². The summed E-state index contributed by atoms with van der Waals surface area (Å²) in [4.78, 5) is 17.6. The van der Waals surface area contributed by atoms with Crippen LogP contribution < -0.4 is 5.32 Å². The number of hydrogen-bond acceptors (Lipinski definition) is 5. The molecule has 0 fully saturated rings. The van der Waals surface area contributed by atoms with Gasteiger partial charge in [0.15, 0.2) is 0 Å². The van der Waals surface area contributed by atoms with Crippen molar-refractivity contribution in [2.24, 2.45) is 0 Å². The Hall–Kier alpha value is -3.59. The average Bonchev–Trinajstić information content (AvgIpc) is 3.39. The molecule has 0 saturated carbocycles. The number of hydrogen-bond donors (Lipinski definition) is 2. The molecule has 1 aliphatic heterocycles. The zero-order valence-corrected chi connectivity index (χ0v) is 17.8. The van der Waals surface area contributed by atoms with Crippen LogP contribution in [0, 0.1) is 0 Å². The predicted molar refractivity (Wildman–Crippen MR) is 118 cm³/mol. The minimum Gasteiger partial charge on any atom is -0.376 e. The van der Waals surface area contributed by atoms with Gasteiger partial charge >= 0.3 is 0 Å². The first-order valence-corrected chi connectivity index (χ1v) is 10.4. The summed E-state index contributed by atoms with van der Waals surface area (Å²) in [7, 11) is 0. The van der Waals surface area contributed by atoms with Crippen LogP contribution in [0.5, 0.6) is 0 Å². The van der Waals surface area contributed by atoms with Crippen LogP contribution in [0.25, 0.3) is 22.3 Å². The molecule has 8 nitrogen and oxygen atoms in total. The number of carbonyl (C=O) groups excluding carboxylic acids is 1. The van der Waals surface area contributed by atoms with E-state index in [4.69, 9.17) is 4.74 Å². The standard InChI is InChI=1S/C23H23FN6O2/c1-23(2,24)13-30-20-7-18(25-8-15(20)9-27-30)21-19(10-26-29-21)28-22(31)17-12-32-11-14-5-3-4-6-16(14)17/h3-10,17H,11-13H2,1-2H3,(H,26,29)(H,28,31). The number of anilines is 1. The molecule has 1 atom stereocenters. The summed E-state index contributed by atoms with van der Waals surface area (Å²) in [6, 6.07) is 9.61. The van der Waals surface area contributed by atoms with Crippen LogP contribution in [-0.2, 0) is 22.7 Å². The highest BCUT2D eigenvalue weighted by molar-refractivity contribution is 5.99. The number of aromatic nitrogens is 5. The number of nitrogens with zero attached hydrogens (tertiary/aromatic N) is 4. The van der Waals surface area contributed by atoms with E-state index in [0.717, 1.165) is 22.0 Å². The van der Waals surface area contributed by atoms with E-state index in [1.165, 1.54) is 13.8 Å². The fourth-order valence-corrected chi connectivity index (χ4v) is 3.99. The number of halogens is 1. The van der Waals surface area contributed by atoms with Gasteiger partial charge in [-0.25, -0.2) is 4.39 Å². The molecule has 2 N–H and O–H groups in total. The molecular formula is C23H23FN6O2. The highest BCUT2D eigenvalue weighted by Crippen LogP contribution is 2.31. The Morgan fingerprint density at radius 3 is 3.00 bits per heavy atom. The van der Waals surface area contributed by atoms with Crippen LogP contribution in [0.4, 0.5) is 10.1 Å². The number of H-pyrrole nitrogens is 1. The van der Waals surface area contributed by atoms with Gasteiger partial charge in [0.25, 0.3) is 0 Å². The van der Waals surface area contributed by atoms with E-state index in [0.29, 0.717) is 30.3 Å². The second-order valence-electron chi connectivity index (χ2n) is 8.56. The van der Waals surface area contributed by atoms with Crippen molar-refractivity contribution in [1.29, 1.82) is 0 Å². The van der Waals surface area contributed by atoms with Crippen molar-refractivity contribution in [1.82, 2.24) is 25.0 Å². The molecule has 1 aromatic carbocycles. The van der Waals surface area contributed by atoms with Gasteiger partial charge in [0.1, 0.15) is 11.4 Å². The number of benzene rings is 1. The maximum atomic E-state index is 14.2. The third-order valence-corrected chi connectivity index (χ3v) is 5.49. The predicted octanol–water partition coefficient (Wildman–Crippen LogP) is 3.82. The highest BCUT2D eigenvalue weighted by atomic mass is 19.1. The summed E-state index contributed by atoms with van der Waals surface area (Å²) >= 11 is 0. The number of fused-ring (bicyclic) bond motifs is 2. The Labute approximate surface area is 183 Å². The topological polar surface area (TPSA) is 97.7 Å². The molecule has 32 heavy (non-hydrogen) atoms. The third-order valence-electron chi connectivity index (χ3n) is 5.49. The van der Waals surface area contributed by atoms with Crippen molar-refractivity contribution in [3.63, 3.8) is 0 Å². The van der Waals surface area contributed by atoms with Crippen molar-refractivity contribution in [3.05, 3.63) is 60.0 Å². The Balaban J connectivity index is 1.44. The first kappa shape index (κ1) is 20.3. The number of aromatic amines is 1. The lowest BCUT2D eigenvalue weighted by Crippen LogP contribution is -2.28. The molecule has 0 bridgehead atoms. The van der Waals surface area contributed by atoms with Gasteiger partial charge in [0.05, 0.1) is 55.0 Å². The number of rotatable bonds is 5.